The lowest BCUT2D eigenvalue weighted by molar-refractivity contribution is -0.112. The number of anilines is 1. The lowest BCUT2D eigenvalue weighted by Crippen LogP contribution is -2.41. The second-order valence-corrected chi connectivity index (χ2v) is 6.33. The van der Waals surface area contributed by atoms with Crippen LogP contribution in [-0.2, 0) is 4.79 Å². The predicted octanol–water partition coefficient (Wildman–Crippen LogP) is 4.62. The van der Waals surface area contributed by atoms with Crippen molar-refractivity contribution >= 4 is 29.2 Å². The van der Waals surface area contributed by atoms with Crippen molar-refractivity contribution in [2.75, 3.05) is 4.90 Å². The van der Waals surface area contributed by atoms with E-state index in [9.17, 15) is 9.59 Å². The Labute approximate surface area is 151 Å². The summed E-state index contributed by atoms with van der Waals surface area (Å²) >= 11 is 0. The van der Waals surface area contributed by atoms with Crippen molar-refractivity contribution in [2.45, 2.75) is 13.8 Å². The summed E-state index contributed by atoms with van der Waals surface area (Å²) in [5.41, 5.74) is 3.19. The van der Waals surface area contributed by atoms with Gasteiger partial charge >= 0.3 is 0 Å². The van der Waals surface area contributed by atoms with Crippen molar-refractivity contribution in [3.8, 4) is 0 Å². The van der Waals surface area contributed by atoms with Gasteiger partial charge in [-0.3, -0.25) is 9.59 Å². The van der Waals surface area contributed by atoms with E-state index in [1.165, 1.54) is 4.90 Å². The number of amides is 2. The molecule has 0 N–H and O–H groups in total. The number of benzene rings is 2. The van der Waals surface area contributed by atoms with E-state index in [1.807, 2.05) is 44.2 Å². The number of hydrogen-bond acceptors (Lipinski definition) is 3. The first kappa shape index (κ1) is 16.1. The first-order chi connectivity index (χ1) is 12.5. The van der Waals surface area contributed by atoms with Crippen LogP contribution < -0.4 is 4.90 Å². The molecule has 1 aliphatic heterocycles. The molecule has 0 fully saturated rings. The number of hydrogen-bond donors (Lipinski definition) is 0. The molecule has 2 amide bonds. The molecule has 128 valence electrons. The van der Waals surface area contributed by atoms with Crippen molar-refractivity contribution in [3.05, 3.63) is 88.9 Å². The zero-order valence-corrected chi connectivity index (χ0v) is 14.5. The zero-order valence-electron chi connectivity index (χ0n) is 14.5. The molecule has 2 aromatic carbocycles. The second kappa shape index (κ2) is 6.15. The van der Waals surface area contributed by atoms with Crippen LogP contribution in [0.15, 0.2) is 65.1 Å². The highest BCUT2D eigenvalue weighted by Crippen LogP contribution is 2.33. The summed E-state index contributed by atoms with van der Waals surface area (Å²) in [6, 6.07) is 18.1. The third kappa shape index (κ3) is 2.65. The van der Waals surface area contributed by atoms with E-state index in [0.717, 1.165) is 11.3 Å². The molecule has 0 saturated heterocycles. The molecule has 0 spiro atoms. The Morgan fingerprint density at radius 1 is 0.808 bits per heavy atom. The monoisotopic (exact) mass is 343 g/mol. The number of carbonyl (C=O) groups excluding carboxylic acids is 2. The minimum atomic E-state index is -0.355. The molecular weight excluding hydrogens is 326 g/mol. The van der Waals surface area contributed by atoms with Gasteiger partial charge in [-0.25, -0.2) is 4.90 Å². The number of imide groups is 1. The summed E-state index contributed by atoms with van der Waals surface area (Å²) in [6.07, 6.45) is 1.70. The molecule has 26 heavy (non-hydrogen) atoms. The van der Waals surface area contributed by atoms with E-state index in [1.54, 1.807) is 36.4 Å². The van der Waals surface area contributed by atoms with Gasteiger partial charge < -0.3 is 4.42 Å². The van der Waals surface area contributed by atoms with Crippen LogP contribution in [0.25, 0.3) is 11.6 Å². The van der Waals surface area contributed by atoms with Crippen LogP contribution in [-0.4, -0.2) is 11.8 Å². The van der Waals surface area contributed by atoms with E-state index in [4.69, 9.17) is 4.42 Å². The summed E-state index contributed by atoms with van der Waals surface area (Å²) < 4.78 is 5.60. The quantitative estimate of drug-likeness (QED) is 0.504. The molecule has 4 rings (SSSR count). The molecule has 0 bridgehead atoms. The van der Waals surface area contributed by atoms with Gasteiger partial charge in [0.1, 0.15) is 11.5 Å². The molecular formula is C22H17NO3. The van der Waals surface area contributed by atoms with Gasteiger partial charge in [-0.15, -0.1) is 0 Å². The molecule has 4 nitrogen and oxygen atoms in total. The molecule has 2 heterocycles. The molecule has 0 aliphatic carbocycles. The Hall–Kier alpha value is -3.40. The summed E-state index contributed by atoms with van der Waals surface area (Å²) in [6.45, 7) is 3.81. The van der Waals surface area contributed by atoms with Crippen molar-refractivity contribution in [1.82, 2.24) is 0 Å². The highest BCUT2D eigenvalue weighted by Gasteiger charge is 2.35. The van der Waals surface area contributed by atoms with E-state index < -0.39 is 0 Å². The van der Waals surface area contributed by atoms with E-state index in [0.29, 0.717) is 28.1 Å². The predicted molar refractivity (Wildman–Crippen MR) is 101 cm³/mol. The standard InChI is InChI=1S/C22H17NO3/c1-14-7-10-16(11-8-14)23-21(24)19-6-4-3-5-18(19)20(22(23)25)13-17-12-9-15(2)26-17/h3-13H,1-2H3. The fraction of sp³-hybridized carbons (Fsp3) is 0.0909. The normalized spacial score (nSPS) is 15.5. The molecule has 1 aliphatic rings. The minimum Gasteiger partial charge on any atom is -0.462 e. The van der Waals surface area contributed by atoms with Crippen LogP contribution in [0, 0.1) is 13.8 Å². The number of furan rings is 1. The summed E-state index contributed by atoms with van der Waals surface area (Å²) in [5.74, 6) is 0.674. The summed E-state index contributed by atoms with van der Waals surface area (Å²) in [4.78, 5) is 27.4. The Kier molecular flexibility index (Phi) is 3.81. The second-order valence-electron chi connectivity index (χ2n) is 6.33. The average Bonchev–Trinajstić information content (AvgIpc) is 3.05. The van der Waals surface area contributed by atoms with Gasteiger partial charge in [0, 0.05) is 11.1 Å². The molecule has 3 aromatic rings. The van der Waals surface area contributed by atoms with Crippen LogP contribution in [0.3, 0.4) is 0 Å². The molecule has 1 aromatic heterocycles. The fourth-order valence-corrected chi connectivity index (χ4v) is 3.09. The Morgan fingerprint density at radius 2 is 1.50 bits per heavy atom. The largest absolute Gasteiger partial charge is 0.462 e. The van der Waals surface area contributed by atoms with Gasteiger partial charge in [0.15, 0.2) is 0 Å². The number of aryl methyl sites for hydroxylation is 2. The van der Waals surface area contributed by atoms with Crippen molar-refractivity contribution in [2.24, 2.45) is 0 Å². The van der Waals surface area contributed by atoms with Gasteiger partial charge in [-0.05, 0) is 50.3 Å². The van der Waals surface area contributed by atoms with Gasteiger partial charge in [0.25, 0.3) is 11.8 Å². The number of nitrogens with zero attached hydrogens (tertiary/aromatic N) is 1. The third-order valence-corrected chi connectivity index (χ3v) is 4.42. The summed E-state index contributed by atoms with van der Waals surface area (Å²) in [5, 5.41) is 0. The maximum Gasteiger partial charge on any atom is 0.266 e. The van der Waals surface area contributed by atoms with Crippen LogP contribution in [0.5, 0.6) is 0 Å². The smallest absolute Gasteiger partial charge is 0.266 e. The number of carbonyl (C=O) groups is 2. The Morgan fingerprint density at radius 3 is 2.15 bits per heavy atom. The van der Waals surface area contributed by atoms with Crippen LogP contribution >= 0.6 is 0 Å². The van der Waals surface area contributed by atoms with Gasteiger partial charge in [0.05, 0.1) is 11.3 Å². The SMILES string of the molecule is Cc1ccc(N2C(=O)C(=Cc3ccc(C)o3)c3ccccc3C2=O)cc1. The van der Waals surface area contributed by atoms with E-state index >= 15 is 0 Å². The Balaban J connectivity index is 1.89. The highest BCUT2D eigenvalue weighted by molar-refractivity contribution is 6.43. The highest BCUT2D eigenvalue weighted by atomic mass is 16.3. The fourth-order valence-electron chi connectivity index (χ4n) is 3.09. The van der Waals surface area contributed by atoms with E-state index in [2.05, 4.69) is 0 Å². The maximum absolute atomic E-state index is 13.2. The first-order valence-electron chi connectivity index (χ1n) is 8.37. The van der Waals surface area contributed by atoms with E-state index in [-0.39, 0.29) is 11.8 Å². The molecule has 4 heteroatoms. The minimum absolute atomic E-state index is 0.317. The zero-order chi connectivity index (χ0) is 18.3. The molecule has 0 atom stereocenters. The van der Waals surface area contributed by atoms with Crippen molar-refractivity contribution < 1.29 is 14.0 Å². The maximum atomic E-state index is 13.2. The van der Waals surface area contributed by atoms with Crippen LogP contribution in [0.2, 0.25) is 0 Å². The number of rotatable bonds is 2. The third-order valence-electron chi connectivity index (χ3n) is 4.42. The first-order valence-corrected chi connectivity index (χ1v) is 8.37. The van der Waals surface area contributed by atoms with Crippen molar-refractivity contribution in [3.63, 3.8) is 0 Å². The van der Waals surface area contributed by atoms with Crippen LogP contribution in [0.4, 0.5) is 5.69 Å². The molecule has 0 saturated carbocycles. The number of fused-ring (bicyclic) bond motifs is 1. The lowest BCUT2D eigenvalue weighted by atomic mass is 9.92. The van der Waals surface area contributed by atoms with Gasteiger partial charge in [-0.2, -0.15) is 0 Å². The van der Waals surface area contributed by atoms with Crippen molar-refractivity contribution in [1.29, 1.82) is 0 Å². The average molecular weight is 343 g/mol. The Bertz CT molecular complexity index is 1040. The molecule has 0 radical (unpaired) electrons. The summed E-state index contributed by atoms with van der Waals surface area (Å²) in [7, 11) is 0. The molecule has 0 unspecified atom stereocenters. The topological polar surface area (TPSA) is 50.5 Å². The lowest BCUT2D eigenvalue weighted by Gasteiger charge is -2.28. The van der Waals surface area contributed by atoms with Gasteiger partial charge in [-0.1, -0.05) is 35.9 Å². The van der Waals surface area contributed by atoms with Crippen LogP contribution in [0.1, 0.15) is 33.0 Å². The van der Waals surface area contributed by atoms with Gasteiger partial charge in [0.2, 0.25) is 0 Å².